The Balaban J connectivity index is 2.18. The van der Waals surface area contributed by atoms with Crippen molar-refractivity contribution < 1.29 is 0 Å². The summed E-state index contributed by atoms with van der Waals surface area (Å²) in [7, 11) is 0. The number of rotatable bonds is 2. The van der Waals surface area contributed by atoms with Crippen LogP contribution in [0.25, 0.3) is 10.9 Å². The summed E-state index contributed by atoms with van der Waals surface area (Å²) in [4.78, 5) is 31.6. The summed E-state index contributed by atoms with van der Waals surface area (Å²) in [5.41, 5.74) is 5.75. The molecular weight excluding hydrogens is 258 g/mol. The predicted molar refractivity (Wildman–Crippen MR) is 74.4 cm³/mol. The highest BCUT2D eigenvalue weighted by molar-refractivity contribution is 5.86. The van der Waals surface area contributed by atoms with Crippen LogP contribution in [0.3, 0.4) is 0 Å². The summed E-state index contributed by atoms with van der Waals surface area (Å²) in [6, 6.07) is 9.55. The quantitative estimate of drug-likeness (QED) is 0.613. The molecule has 7 heteroatoms. The van der Waals surface area contributed by atoms with E-state index in [1.54, 1.807) is 0 Å². The molecule has 1 aromatic carbocycles. The number of anilines is 1. The van der Waals surface area contributed by atoms with Gasteiger partial charge in [-0.05, 0) is 5.56 Å². The fraction of sp³-hybridized carbons (Fsp3) is 0.0769. The fourth-order valence-corrected chi connectivity index (χ4v) is 2.01. The number of hydrogen-bond acceptors (Lipinski definition) is 5. The van der Waals surface area contributed by atoms with Gasteiger partial charge in [0.15, 0.2) is 0 Å². The van der Waals surface area contributed by atoms with E-state index in [0.29, 0.717) is 12.2 Å². The monoisotopic (exact) mass is 269 g/mol. The second kappa shape index (κ2) is 4.61. The van der Waals surface area contributed by atoms with E-state index < -0.39 is 11.1 Å². The van der Waals surface area contributed by atoms with E-state index in [1.807, 2.05) is 30.3 Å². The van der Waals surface area contributed by atoms with Gasteiger partial charge in [-0.25, -0.2) is 9.97 Å². The van der Waals surface area contributed by atoms with Crippen molar-refractivity contribution in [1.29, 1.82) is 0 Å². The normalized spacial score (nSPS) is 10.8. The highest BCUT2D eigenvalue weighted by atomic mass is 16.1. The molecule has 0 bridgehead atoms. The van der Waals surface area contributed by atoms with Gasteiger partial charge in [-0.2, -0.15) is 0 Å². The average Bonchev–Trinajstić information content (AvgIpc) is 2.44. The van der Waals surface area contributed by atoms with Gasteiger partial charge in [0.25, 0.3) is 11.1 Å². The van der Waals surface area contributed by atoms with Crippen LogP contribution < -0.4 is 16.9 Å². The van der Waals surface area contributed by atoms with Crippen LogP contribution in [0.15, 0.2) is 39.9 Å². The molecule has 0 saturated carbocycles. The number of aromatic amines is 2. The van der Waals surface area contributed by atoms with Gasteiger partial charge >= 0.3 is 0 Å². The third kappa shape index (κ3) is 2.05. The van der Waals surface area contributed by atoms with Crippen LogP contribution in [0.4, 0.5) is 5.82 Å². The van der Waals surface area contributed by atoms with Crippen LogP contribution in [0.1, 0.15) is 11.4 Å². The molecular formula is C13H11N5O2. The van der Waals surface area contributed by atoms with E-state index in [0.717, 1.165) is 5.56 Å². The smallest absolute Gasteiger partial charge is 0.289 e. The van der Waals surface area contributed by atoms with E-state index in [1.165, 1.54) is 0 Å². The van der Waals surface area contributed by atoms with Crippen molar-refractivity contribution in [2.45, 2.75) is 6.42 Å². The van der Waals surface area contributed by atoms with E-state index in [-0.39, 0.29) is 16.7 Å². The van der Waals surface area contributed by atoms with Crippen LogP contribution in [0, 0.1) is 0 Å². The average molecular weight is 269 g/mol. The fourth-order valence-electron chi connectivity index (χ4n) is 2.01. The van der Waals surface area contributed by atoms with Crippen molar-refractivity contribution in [1.82, 2.24) is 20.2 Å². The minimum atomic E-state index is -0.511. The molecule has 0 aliphatic carbocycles. The van der Waals surface area contributed by atoms with Gasteiger partial charge in [-0.3, -0.25) is 19.8 Å². The molecule has 0 aliphatic heterocycles. The third-order valence-corrected chi connectivity index (χ3v) is 2.92. The number of H-pyrrole nitrogens is 2. The molecule has 0 spiro atoms. The number of benzene rings is 1. The maximum absolute atomic E-state index is 11.7. The topological polar surface area (TPSA) is 118 Å². The Labute approximate surface area is 112 Å². The molecule has 3 rings (SSSR count). The summed E-state index contributed by atoms with van der Waals surface area (Å²) >= 11 is 0. The predicted octanol–water partition coefficient (Wildman–Crippen LogP) is 0.179. The van der Waals surface area contributed by atoms with Gasteiger partial charge in [0, 0.05) is 6.42 Å². The lowest BCUT2D eigenvalue weighted by Gasteiger charge is -2.04. The molecule has 0 saturated heterocycles. The van der Waals surface area contributed by atoms with E-state index in [2.05, 4.69) is 20.2 Å². The number of nitrogens with zero attached hydrogens (tertiary/aromatic N) is 2. The van der Waals surface area contributed by atoms with Crippen LogP contribution in [0.5, 0.6) is 0 Å². The first kappa shape index (κ1) is 12.1. The molecule has 0 amide bonds. The largest absolute Gasteiger partial charge is 0.383 e. The lowest BCUT2D eigenvalue weighted by atomic mass is 10.1. The summed E-state index contributed by atoms with van der Waals surface area (Å²) in [5, 5.41) is 4.44. The van der Waals surface area contributed by atoms with Crippen molar-refractivity contribution in [2.24, 2.45) is 0 Å². The Bertz CT molecular complexity index is 883. The molecule has 2 aromatic heterocycles. The molecule has 7 nitrogen and oxygen atoms in total. The minimum Gasteiger partial charge on any atom is -0.383 e. The molecule has 0 aliphatic rings. The summed E-state index contributed by atoms with van der Waals surface area (Å²) < 4.78 is 0. The zero-order chi connectivity index (χ0) is 14.1. The van der Waals surface area contributed by atoms with Crippen molar-refractivity contribution in [3.05, 3.63) is 62.4 Å². The minimum absolute atomic E-state index is 0.00665. The first-order valence-corrected chi connectivity index (χ1v) is 5.96. The molecule has 20 heavy (non-hydrogen) atoms. The lowest BCUT2D eigenvalue weighted by Crippen LogP contribution is -2.22. The Kier molecular flexibility index (Phi) is 2.79. The first-order chi connectivity index (χ1) is 9.65. The number of nitrogens with one attached hydrogen (secondary N) is 2. The Morgan fingerprint density at radius 3 is 2.45 bits per heavy atom. The van der Waals surface area contributed by atoms with Gasteiger partial charge in [-0.1, -0.05) is 30.3 Å². The molecule has 0 radical (unpaired) electrons. The van der Waals surface area contributed by atoms with E-state index >= 15 is 0 Å². The molecule has 2 heterocycles. The highest BCUT2D eigenvalue weighted by Gasteiger charge is 2.12. The van der Waals surface area contributed by atoms with E-state index in [9.17, 15) is 9.59 Å². The van der Waals surface area contributed by atoms with Crippen LogP contribution >= 0.6 is 0 Å². The lowest BCUT2D eigenvalue weighted by molar-refractivity contribution is 0.942. The van der Waals surface area contributed by atoms with Crippen molar-refractivity contribution in [2.75, 3.05) is 5.73 Å². The number of nitrogens with two attached hydrogens (primary N) is 1. The van der Waals surface area contributed by atoms with Crippen molar-refractivity contribution in [3.63, 3.8) is 0 Å². The Morgan fingerprint density at radius 1 is 1.00 bits per heavy atom. The van der Waals surface area contributed by atoms with Gasteiger partial charge in [0.05, 0.1) is 0 Å². The number of fused-ring (bicyclic) bond motifs is 1. The zero-order valence-electron chi connectivity index (χ0n) is 10.4. The second-order valence-corrected chi connectivity index (χ2v) is 4.32. The summed E-state index contributed by atoms with van der Waals surface area (Å²) in [5.74, 6) is 0.408. The van der Waals surface area contributed by atoms with Crippen LogP contribution in [0.2, 0.25) is 0 Å². The zero-order valence-corrected chi connectivity index (χ0v) is 10.4. The summed E-state index contributed by atoms with van der Waals surface area (Å²) in [6.45, 7) is 0. The molecule has 4 N–H and O–H groups in total. The SMILES string of the molecule is Nc1nc(Cc2ccccc2)nc2c(=O)[nH][nH]c(=O)c12. The van der Waals surface area contributed by atoms with Gasteiger partial charge in [0.2, 0.25) is 0 Å². The van der Waals surface area contributed by atoms with Crippen LogP contribution in [-0.2, 0) is 6.42 Å². The molecule has 3 aromatic rings. The maximum Gasteiger partial charge on any atom is 0.289 e. The van der Waals surface area contributed by atoms with E-state index in [4.69, 9.17) is 5.73 Å². The van der Waals surface area contributed by atoms with Gasteiger partial charge in [0.1, 0.15) is 22.5 Å². The highest BCUT2D eigenvalue weighted by Crippen LogP contribution is 2.12. The van der Waals surface area contributed by atoms with Crippen LogP contribution in [-0.4, -0.2) is 20.2 Å². The Morgan fingerprint density at radius 2 is 1.70 bits per heavy atom. The molecule has 0 fully saturated rings. The van der Waals surface area contributed by atoms with Gasteiger partial charge in [-0.15, -0.1) is 0 Å². The molecule has 0 unspecified atom stereocenters. The first-order valence-electron chi connectivity index (χ1n) is 5.96. The maximum atomic E-state index is 11.7. The standard InChI is InChI=1S/C13H11N5O2/c14-11-9-10(13(20)18-17-12(9)19)15-8(16-11)6-7-4-2-1-3-5-7/h1-5H,6H2,(H,17,19)(H,18,20)(H2,14,15,16). The summed E-state index contributed by atoms with van der Waals surface area (Å²) in [6.07, 6.45) is 0.438. The van der Waals surface area contributed by atoms with Crippen molar-refractivity contribution >= 4 is 16.7 Å². The molecule has 0 atom stereocenters. The third-order valence-electron chi connectivity index (χ3n) is 2.92. The number of hydrogen-bond donors (Lipinski definition) is 3. The number of aromatic nitrogens is 4. The van der Waals surface area contributed by atoms with Crippen molar-refractivity contribution in [3.8, 4) is 0 Å². The second-order valence-electron chi connectivity index (χ2n) is 4.32. The Hall–Kier alpha value is -2.96. The van der Waals surface area contributed by atoms with Gasteiger partial charge < -0.3 is 5.73 Å². The number of nitrogen functional groups attached to an aromatic ring is 1. The molecule has 100 valence electrons.